The van der Waals surface area contributed by atoms with Crippen molar-refractivity contribution in [3.05, 3.63) is 89.2 Å². The number of hydrogen-bond acceptors (Lipinski definition) is 7. The second-order valence-corrected chi connectivity index (χ2v) is 11.2. The van der Waals surface area contributed by atoms with E-state index in [9.17, 15) is 18.8 Å². The maximum atomic E-state index is 14.6. The van der Waals surface area contributed by atoms with E-state index in [0.717, 1.165) is 44.9 Å². The molecule has 0 aliphatic rings. The van der Waals surface area contributed by atoms with E-state index in [1.54, 1.807) is 18.2 Å². The predicted octanol–water partition coefficient (Wildman–Crippen LogP) is 9.52. The molecule has 7 nitrogen and oxygen atoms in total. The van der Waals surface area contributed by atoms with E-state index in [1.165, 1.54) is 74.2 Å². The molecule has 0 heterocycles. The highest BCUT2D eigenvalue weighted by atomic mass is 19.1. The maximum Gasteiger partial charge on any atom is 0.346 e. The molecule has 0 N–H and O–H groups in total. The smallest absolute Gasteiger partial charge is 0.346 e. The van der Waals surface area contributed by atoms with Gasteiger partial charge >= 0.3 is 17.9 Å². The lowest BCUT2D eigenvalue weighted by Crippen LogP contribution is -2.15. The molecule has 0 radical (unpaired) electrons. The van der Waals surface area contributed by atoms with Gasteiger partial charge in [-0.15, -0.1) is 0 Å². The lowest BCUT2D eigenvalue weighted by atomic mass is 10.1. The van der Waals surface area contributed by atoms with Crippen LogP contribution in [0.15, 0.2) is 66.7 Å². The Labute approximate surface area is 266 Å². The molecule has 0 aromatic heterocycles. The molecule has 3 rings (SSSR count). The Hall–Kier alpha value is -4.20. The third kappa shape index (κ3) is 12.4. The molecule has 0 aliphatic carbocycles. The summed E-state index contributed by atoms with van der Waals surface area (Å²) >= 11 is 0. The SMILES string of the molecule is CCCCCCCCOc1ccc(C(=O)Oc2ccc(C(=O)Oc3ccc(C(=O)OC(C)CCCCCC)cc3)cc2)c(F)c1. The number of carbonyl (C=O) groups is 3. The van der Waals surface area contributed by atoms with Gasteiger partial charge in [0.2, 0.25) is 0 Å². The zero-order valence-corrected chi connectivity index (χ0v) is 26.6. The fraction of sp³-hybridized carbons (Fsp3) is 0.432. The van der Waals surface area contributed by atoms with Crippen LogP contribution in [0.5, 0.6) is 17.2 Å². The highest BCUT2D eigenvalue weighted by molar-refractivity contribution is 5.93. The molecule has 0 saturated carbocycles. The van der Waals surface area contributed by atoms with Crippen LogP contribution in [0.1, 0.15) is 122 Å². The zero-order chi connectivity index (χ0) is 32.4. The van der Waals surface area contributed by atoms with Crippen molar-refractivity contribution in [3.63, 3.8) is 0 Å². The van der Waals surface area contributed by atoms with Crippen molar-refractivity contribution in [3.8, 4) is 17.2 Å². The number of ether oxygens (including phenoxy) is 4. The van der Waals surface area contributed by atoms with Gasteiger partial charge in [0.05, 0.1) is 29.4 Å². The fourth-order valence-electron chi connectivity index (χ4n) is 4.64. The summed E-state index contributed by atoms with van der Waals surface area (Å²) in [4.78, 5) is 37.6. The Morgan fingerprint density at radius 3 is 1.73 bits per heavy atom. The zero-order valence-electron chi connectivity index (χ0n) is 26.6. The van der Waals surface area contributed by atoms with Crippen molar-refractivity contribution in [2.75, 3.05) is 6.61 Å². The van der Waals surface area contributed by atoms with Gasteiger partial charge in [0.1, 0.15) is 23.1 Å². The Kier molecular flexibility index (Phi) is 15.1. The Morgan fingerprint density at radius 2 is 1.13 bits per heavy atom. The van der Waals surface area contributed by atoms with Crippen LogP contribution in [-0.2, 0) is 4.74 Å². The molecular weight excluding hydrogens is 575 g/mol. The Bertz CT molecular complexity index is 1350. The molecule has 1 unspecified atom stereocenters. The summed E-state index contributed by atoms with van der Waals surface area (Å²) in [5.74, 6) is -1.90. The molecular formula is C37H45FO7. The number of carbonyl (C=O) groups excluding carboxylic acids is 3. The third-order valence-corrected chi connectivity index (χ3v) is 7.30. The van der Waals surface area contributed by atoms with E-state index in [0.29, 0.717) is 17.9 Å². The van der Waals surface area contributed by atoms with Crippen molar-refractivity contribution >= 4 is 17.9 Å². The number of unbranched alkanes of at least 4 members (excludes halogenated alkanes) is 8. The van der Waals surface area contributed by atoms with E-state index >= 15 is 0 Å². The minimum atomic E-state index is -0.866. The van der Waals surface area contributed by atoms with Crippen molar-refractivity contribution in [1.82, 2.24) is 0 Å². The van der Waals surface area contributed by atoms with E-state index in [2.05, 4.69) is 13.8 Å². The van der Waals surface area contributed by atoms with Crippen LogP contribution in [0.25, 0.3) is 0 Å². The molecule has 0 bridgehead atoms. The summed E-state index contributed by atoms with van der Waals surface area (Å²) in [5, 5.41) is 0. The van der Waals surface area contributed by atoms with Gasteiger partial charge < -0.3 is 18.9 Å². The summed E-state index contributed by atoms with van der Waals surface area (Å²) in [6, 6.07) is 15.9. The largest absolute Gasteiger partial charge is 0.493 e. The lowest BCUT2D eigenvalue weighted by Gasteiger charge is -2.13. The molecule has 3 aromatic rings. The summed E-state index contributed by atoms with van der Waals surface area (Å²) < 4.78 is 36.4. The average Bonchev–Trinajstić information content (AvgIpc) is 3.03. The summed E-state index contributed by atoms with van der Waals surface area (Å²) in [7, 11) is 0. The standard InChI is InChI=1S/C37H45FO7/c1-4-6-8-10-11-13-25-42-32-23-24-33(34(38)26-32)37(41)45-31-21-17-29(18-22-31)36(40)44-30-19-15-28(16-20-30)35(39)43-27(3)14-12-9-7-5-2/h15-24,26-27H,4-14,25H2,1-3H3. The molecule has 1 atom stereocenters. The van der Waals surface area contributed by atoms with Crippen LogP contribution in [0.2, 0.25) is 0 Å². The number of benzene rings is 3. The number of hydrogen-bond donors (Lipinski definition) is 0. The topological polar surface area (TPSA) is 88.1 Å². The molecule has 0 fully saturated rings. The van der Waals surface area contributed by atoms with Crippen molar-refractivity contribution in [2.24, 2.45) is 0 Å². The van der Waals surface area contributed by atoms with Crippen LogP contribution in [0.4, 0.5) is 4.39 Å². The Morgan fingerprint density at radius 1 is 0.622 bits per heavy atom. The first kappa shape index (κ1) is 35.3. The highest BCUT2D eigenvalue weighted by Crippen LogP contribution is 2.22. The predicted molar refractivity (Wildman–Crippen MR) is 172 cm³/mol. The van der Waals surface area contributed by atoms with E-state index in [-0.39, 0.29) is 28.7 Å². The fourth-order valence-corrected chi connectivity index (χ4v) is 4.64. The van der Waals surface area contributed by atoms with Crippen LogP contribution in [0, 0.1) is 5.82 Å². The summed E-state index contributed by atoms with van der Waals surface area (Å²) in [6.45, 7) is 6.70. The normalized spacial score (nSPS) is 11.5. The molecule has 8 heteroatoms. The summed E-state index contributed by atoms with van der Waals surface area (Å²) in [6.07, 6.45) is 11.9. The van der Waals surface area contributed by atoms with Crippen molar-refractivity contribution in [2.45, 2.75) is 97.5 Å². The van der Waals surface area contributed by atoms with E-state index < -0.39 is 23.7 Å². The second kappa shape index (κ2) is 19.2. The van der Waals surface area contributed by atoms with E-state index in [1.807, 2.05) is 6.92 Å². The van der Waals surface area contributed by atoms with Crippen LogP contribution < -0.4 is 14.2 Å². The molecule has 3 aromatic carbocycles. The summed E-state index contributed by atoms with van der Waals surface area (Å²) in [5.41, 5.74) is 0.362. The van der Waals surface area contributed by atoms with Crippen LogP contribution in [0.3, 0.4) is 0 Å². The molecule has 242 valence electrons. The van der Waals surface area contributed by atoms with Gasteiger partial charge in [-0.1, -0.05) is 65.2 Å². The Balaban J connectivity index is 1.45. The minimum Gasteiger partial charge on any atom is -0.493 e. The van der Waals surface area contributed by atoms with Crippen molar-refractivity contribution < 1.29 is 37.7 Å². The first-order chi connectivity index (χ1) is 21.8. The minimum absolute atomic E-state index is 0.141. The molecule has 0 amide bonds. The van der Waals surface area contributed by atoms with Gasteiger partial charge in [0.25, 0.3) is 0 Å². The lowest BCUT2D eigenvalue weighted by molar-refractivity contribution is 0.0319. The molecule has 0 aliphatic heterocycles. The first-order valence-electron chi connectivity index (χ1n) is 16.1. The molecule has 0 saturated heterocycles. The highest BCUT2D eigenvalue weighted by Gasteiger charge is 2.17. The van der Waals surface area contributed by atoms with Gasteiger partial charge in [0, 0.05) is 6.07 Å². The van der Waals surface area contributed by atoms with Gasteiger partial charge in [-0.05, 0) is 86.8 Å². The quantitative estimate of drug-likeness (QED) is 0.0749. The van der Waals surface area contributed by atoms with Gasteiger partial charge in [-0.2, -0.15) is 0 Å². The van der Waals surface area contributed by atoms with Gasteiger partial charge in [-0.3, -0.25) is 0 Å². The average molecular weight is 621 g/mol. The molecule has 45 heavy (non-hydrogen) atoms. The van der Waals surface area contributed by atoms with Crippen LogP contribution >= 0.6 is 0 Å². The van der Waals surface area contributed by atoms with E-state index in [4.69, 9.17) is 18.9 Å². The maximum absolute atomic E-state index is 14.6. The van der Waals surface area contributed by atoms with Crippen molar-refractivity contribution in [1.29, 1.82) is 0 Å². The number of esters is 3. The first-order valence-corrected chi connectivity index (χ1v) is 16.1. The van der Waals surface area contributed by atoms with Gasteiger partial charge in [0.15, 0.2) is 0 Å². The molecule has 0 spiro atoms. The third-order valence-electron chi connectivity index (χ3n) is 7.30. The monoisotopic (exact) mass is 620 g/mol. The van der Waals surface area contributed by atoms with Crippen LogP contribution in [-0.4, -0.2) is 30.6 Å². The second-order valence-electron chi connectivity index (χ2n) is 11.2. The number of rotatable bonds is 19. The number of halogens is 1. The van der Waals surface area contributed by atoms with Gasteiger partial charge in [-0.25, -0.2) is 18.8 Å².